The van der Waals surface area contributed by atoms with Crippen molar-refractivity contribution in [2.45, 2.75) is 19.9 Å². The van der Waals surface area contributed by atoms with Crippen molar-refractivity contribution in [1.82, 2.24) is 14.8 Å². The summed E-state index contributed by atoms with van der Waals surface area (Å²) in [6.45, 7) is 2.38. The molecule has 0 aliphatic carbocycles. The van der Waals surface area contributed by atoms with Crippen LogP contribution >= 0.6 is 11.6 Å². The zero-order chi connectivity index (χ0) is 14.7. The van der Waals surface area contributed by atoms with Gasteiger partial charge in [0.1, 0.15) is 0 Å². The van der Waals surface area contributed by atoms with Gasteiger partial charge in [0, 0.05) is 19.8 Å². The van der Waals surface area contributed by atoms with Gasteiger partial charge >= 0.3 is 0 Å². The molecule has 0 unspecified atom stereocenters. The van der Waals surface area contributed by atoms with E-state index in [2.05, 4.69) is 15.4 Å². The van der Waals surface area contributed by atoms with Crippen molar-refractivity contribution in [2.75, 3.05) is 12.4 Å². The fourth-order valence-corrected chi connectivity index (χ4v) is 2.29. The Morgan fingerprint density at radius 3 is 2.80 bits per heavy atom. The third kappa shape index (κ3) is 2.70. The van der Waals surface area contributed by atoms with E-state index >= 15 is 0 Å². The zero-order valence-electron chi connectivity index (χ0n) is 11.6. The second-order valence-corrected chi connectivity index (χ2v) is 4.65. The largest absolute Gasteiger partial charge is 0.481 e. The summed E-state index contributed by atoms with van der Waals surface area (Å²) in [5.74, 6) is 0.165. The minimum Gasteiger partial charge on any atom is -0.481 e. The van der Waals surface area contributed by atoms with Crippen molar-refractivity contribution < 1.29 is 9.13 Å². The quantitative estimate of drug-likeness (QED) is 0.922. The van der Waals surface area contributed by atoms with E-state index in [1.165, 1.54) is 6.20 Å². The highest BCUT2D eigenvalue weighted by molar-refractivity contribution is 6.33. The second kappa shape index (κ2) is 6.09. The Balaban J connectivity index is 2.27. The molecule has 2 aromatic heterocycles. The Morgan fingerprint density at radius 2 is 2.20 bits per heavy atom. The van der Waals surface area contributed by atoms with Gasteiger partial charge < -0.3 is 10.1 Å². The summed E-state index contributed by atoms with van der Waals surface area (Å²) in [7, 11) is 3.39. The minimum absolute atomic E-state index is 0.231. The van der Waals surface area contributed by atoms with Crippen LogP contribution in [0, 0.1) is 5.82 Å². The van der Waals surface area contributed by atoms with Gasteiger partial charge in [-0.1, -0.05) is 18.5 Å². The lowest BCUT2D eigenvalue weighted by atomic mass is 10.2. The van der Waals surface area contributed by atoms with Crippen molar-refractivity contribution in [3.63, 3.8) is 0 Å². The van der Waals surface area contributed by atoms with Gasteiger partial charge in [-0.3, -0.25) is 4.98 Å². The Hall–Kier alpha value is -1.82. The van der Waals surface area contributed by atoms with Gasteiger partial charge in [-0.25, -0.2) is 9.07 Å². The summed E-state index contributed by atoms with van der Waals surface area (Å²) in [6.07, 6.45) is 3.28. The topological polar surface area (TPSA) is 52.0 Å². The fraction of sp³-hybridized carbons (Fsp3) is 0.385. The van der Waals surface area contributed by atoms with Crippen molar-refractivity contribution in [1.29, 1.82) is 0 Å². The van der Waals surface area contributed by atoms with Crippen LogP contribution in [-0.4, -0.2) is 21.9 Å². The number of ether oxygens (including phenoxy) is 1. The predicted molar refractivity (Wildman–Crippen MR) is 75.7 cm³/mol. The van der Waals surface area contributed by atoms with E-state index in [-0.39, 0.29) is 10.7 Å². The number of hydrogen-bond acceptors (Lipinski definition) is 4. The Kier molecular flexibility index (Phi) is 4.44. The molecule has 2 rings (SSSR count). The van der Waals surface area contributed by atoms with Crippen LogP contribution in [0.15, 0.2) is 12.4 Å². The molecule has 0 spiro atoms. The summed E-state index contributed by atoms with van der Waals surface area (Å²) in [4.78, 5) is 3.68. The summed E-state index contributed by atoms with van der Waals surface area (Å²) in [5, 5.41) is 7.59. The molecule has 0 aromatic carbocycles. The standard InChI is InChI=1S/C13H16ClFN4O/c1-4-11-8(13(20-3)19(2)18-11)5-17-12-9(14)6-16-7-10(12)15/h6-7H,4-5H2,1-3H3,(H,16,17). The smallest absolute Gasteiger partial charge is 0.216 e. The Labute approximate surface area is 121 Å². The molecule has 0 fully saturated rings. The number of nitrogens with zero attached hydrogens (tertiary/aromatic N) is 3. The molecular formula is C13H16ClFN4O. The van der Waals surface area contributed by atoms with Crippen molar-refractivity contribution >= 4 is 17.3 Å². The maximum absolute atomic E-state index is 13.7. The molecule has 2 heterocycles. The van der Waals surface area contributed by atoms with E-state index in [1.807, 2.05) is 14.0 Å². The van der Waals surface area contributed by atoms with Crippen molar-refractivity contribution in [3.05, 3.63) is 34.5 Å². The molecule has 0 saturated carbocycles. The molecule has 7 heteroatoms. The molecule has 1 N–H and O–H groups in total. The highest BCUT2D eigenvalue weighted by Crippen LogP contribution is 2.27. The van der Waals surface area contributed by atoms with Crippen LogP contribution in [0.2, 0.25) is 5.02 Å². The first-order chi connectivity index (χ1) is 9.58. The van der Waals surface area contributed by atoms with Gasteiger partial charge in [-0.15, -0.1) is 0 Å². The highest BCUT2D eigenvalue weighted by Gasteiger charge is 2.16. The number of rotatable bonds is 5. The minimum atomic E-state index is -0.488. The molecule has 0 aliphatic rings. The van der Waals surface area contributed by atoms with Crippen LogP contribution in [0.3, 0.4) is 0 Å². The second-order valence-electron chi connectivity index (χ2n) is 4.24. The van der Waals surface area contributed by atoms with Gasteiger partial charge in [-0.2, -0.15) is 5.10 Å². The fourth-order valence-electron chi connectivity index (χ4n) is 2.08. The van der Waals surface area contributed by atoms with E-state index < -0.39 is 5.82 Å². The zero-order valence-corrected chi connectivity index (χ0v) is 12.3. The van der Waals surface area contributed by atoms with E-state index in [1.54, 1.807) is 11.8 Å². The maximum atomic E-state index is 13.7. The van der Waals surface area contributed by atoms with E-state index in [0.29, 0.717) is 12.4 Å². The number of methoxy groups -OCH3 is 1. The molecule has 0 atom stereocenters. The molecule has 0 amide bonds. The normalized spacial score (nSPS) is 10.7. The first-order valence-electron chi connectivity index (χ1n) is 6.20. The molecule has 0 radical (unpaired) electrons. The van der Waals surface area contributed by atoms with Crippen LogP contribution in [0.1, 0.15) is 18.2 Å². The number of hydrogen-bond donors (Lipinski definition) is 1. The first kappa shape index (κ1) is 14.6. The molecule has 0 bridgehead atoms. The van der Waals surface area contributed by atoms with Crippen LogP contribution in [0.4, 0.5) is 10.1 Å². The number of halogens is 2. The highest BCUT2D eigenvalue weighted by atomic mass is 35.5. The molecule has 0 saturated heterocycles. The van der Waals surface area contributed by atoms with Gasteiger partial charge in [0.2, 0.25) is 5.88 Å². The number of anilines is 1. The SMILES string of the molecule is CCc1nn(C)c(OC)c1CNc1c(F)cncc1Cl. The monoisotopic (exact) mass is 298 g/mol. The summed E-state index contributed by atoms with van der Waals surface area (Å²) in [5.41, 5.74) is 2.03. The third-order valence-corrected chi connectivity index (χ3v) is 3.28. The molecule has 108 valence electrons. The lowest BCUT2D eigenvalue weighted by Gasteiger charge is -2.10. The summed E-state index contributed by atoms with van der Waals surface area (Å²) < 4.78 is 20.7. The van der Waals surface area contributed by atoms with Gasteiger partial charge in [0.05, 0.1) is 35.3 Å². The Morgan fingerprint density at radius 1 is 1.45 bits per heavy atom. The van der Waals surface area contributed by atoms with Crippen LogP contribution < -0.4 is 10.1 Å². The number of pyridine rings is 1. The molecule has 5 nitrogen and oxygen atoms in total. The number of aromatic nitrogens is 3. The lowest BCUT2D eigenvalue weighted by Crippen LogP contribution is -2.05. The molecule has 20 heavy (non-hydrogen) atoms. The Bertz CT molecular complexity index is 594. The predicted octanol–water partition coefficient (Wildman–Crippen LogP) is 2.79. The van der Waals surface area contributed by atoms with E-state index in [4.69, 9.17) is 16.3 Å². The van der Waals surface area contributed by atoms with Gasteiger partial charge in [0.25, 0.3) is 0 Å². The van der Waals surface area contributed by atoms with Crippen molar-refractivity contribution in [3.8, 4) is 5.88 Å². The third-order valence-electron chi connectivity index (χ3n) is 2.99. The maximum Gasteiger partial charge on any atom is 0.216 e. The molecule has 2 aromatic rings. The van der Waals surface area contributed by atoms with Gasteiger partial charge in [0.15, 0.2) is 5.82 Å². The molecule has 0 aliphatic heterocycles. The van der Waals surface area contributed by atoms with E-state index in [9.17, 15) is 4.39 Å². The van der Waals surface area contributed by atoms with E-state index in [0.717, 1.165) is 23.9 Å². The summed E-state index contributed by atoms with van der Waals surface area (Å²) >= 11 is 5.93. The number of nitrogens with one attached hydrogen (secondary N) is 1. The summed E-state index contributed by atoms with van der Waals surface area (Å²) in [6, 6.07) is 0. The van der Waals surface area contributed by atoms with Crippen LogP contribution in [0.25, 0.3) is 0 Å². The van der Waals surface area contributed by atoms with Crippen molar-refractivity contribution in [2.24, 2.45) is 7.05 Å². The van der Waals surface area contributed by atoms with Gasteiger partial charge in [-0.05, 0) is 6.42 Å². The average Bonchev–Trinajstić information content (AvgIpc) is 2.73. The number of aryl methyl sites for hydroxylation is 2. The van der Waals surface area contributed by atoms with Crippen LogP contribution in [-0.2, 0) is 20.0 Å². The average molecular weight is 299 g/mol. The lowest BCUT2D eigenvalue weighted by molar-refractivity contribution is 0.369. The van der Waals surface area contributed by atoms with Crippen LogP contribution in [0.5, 0.6) is 5.88 Å². The first-order valence-corrected chi connectivity index (χ1v) is 6.57. The molecular weight excluding hydrogens is 283 g/mol.